The lowest BCUT2D eigenvalue weighted by atomic mass is 10.0. The van der Waals surface area contributed by atoms with E-state index in [1.165, 1.54) is 0 Å². The molecule has 0 fully saturated rings. The molecule has 0 radical (unpaired) electrons. The highest BCUT2D eigenvalue weighted by Gasteiger charge is 2.32. The highest BCUT2D eigenvalue weighted by atomic mass is 16.6. The molecule has 0 aromatic heterocycles. The highest BCUT2D eigenvalue weighted by molar-refractivity contribution is 5.99. The zero-order valence-electron chi connectivity index (χ0n) is 23.2. The highest BCUT2D eigenvalue weighted by Crippen LogP contribution is 2.27. The largest absolute Gasteiger partial charge is 0.444 e. The van der Waals surface area contributed by atoms with Crippen LogP contribution in [-0.4, -0.2) is 41.5 Å². The lowest BCUT2D eigenvalue weighted by Crippen LogP contribution is -2.47. The summed E-state index contributed by atoms with van der Waals surface area (Å²) in [6, 6.07) is 14.3. The summed E-state index contributed by atoms with van der Waals surface area (Å²) >= 11 is 0. The average molecular weight is 510 g/mol. The lowest BCUT2D eigenvalue weighted by molar-refractivity contribution is -0.138. The zero-order chi connectivity index (χ0) is 27.4. The van der Waals surface area contributed by atoms with Gasteiger partial charge in [-0.2, -0.15) is 0 Å². The van der Waals surface area contributed by atoms with Crippen LogP contribution in [0.4, 0.5) is 10.5 Å². The number of alkyl carbamates (subject to hydrolysis) is 1. The fourth-order valence-electron chi connectivity index (χ4n) is 4.16. The van der Waals surface area contributed by atoms with Crippen LogP contribution in [0.15, 0.2) is 48.5 Å². The minimum atomic E-state index is -0.848. The van der Waals surface area contributed by atoms with Crippen LogP contribution in [0.3, 0.4) is 0 Å². The predicted octanol–water partition coefficient (Wildman–Crippen LogP) is 6.31. The second-order valence-electron chi connectivity index (χ2n) is 10.4. The normalized spacial score (nSPS) is 11.9. The predicted molar refractivity (Wildman–Crippen MR) is 148 cm³/mol. The Balaban J connectivity index is 2.34. The third-order valence-corrected chi connectivity index (χ3v) is 6.01. The van der Waals surface area contributed by atoms with Gasteiger partial charge in [-0.15, -0.1) is 0 Å². The fourth-order valence-corrected chi connectivity index (χ4v) is 4.16. The van der Waals surface area contributed by atoms with Gasteiger partial charge in [0, 0.05) is 12.2 Å². The fraction of sp³-hybridized carbons (Fsp3) is 0.500. The van der Waals surface area contributed by atoms with Gasteiger partial charge in [0.25, 0.3) is 5.91 Å². The molecule has 0 bridgehead atoms. The van der Waals surface area contributed by atoms with E-state index in [0.717, 1.165) is 48.9 Å². The summed E-state index contributed by atoms with van der Waals surface area (Å²) in [7, 11) is 0. The average Bonchev–Trinajstić information content (AvgIpc) is 2.83. The first-order valence-corrected chi connectivity index (χ1v) is 13.2. The van der Waals surface area contributed by atoms with Crippen LogP contribution in [0.5, 0.6) is 0 Å². The smallest absolute Gasteiger partial charge is 0.408 e. The van der Waals surface area contributed by atoms with Crippen LogP contribution in [0.1, 0.15) is 82.5 Å². The second kappa shape index (κ2) is 14.4. The van der Waals surface area contributed by atoms with E-state index in [1.807, 2.05) is 62.4 Å². The first-order valence-electron chi connectivity index (χ1n) is 13.2. The number of carbonyl (C=O) groups is 3. The van der Waals surface area contributed by atoms with E-state index in [1.54, 1.807) is 25.7 Å². The molecule has 37 heavy (non-hydrogen) atoms. The molecule has 2 aromatic rings. The van der Waals surface area contributed by atoms with Crippen molar-refractivity contribution >= 4 is 23.6 Å². The summed E-state index contributed by atoms with van der Waals surface area (Å²) in [6.45, 7) is 11.5. The summed E-state index contributed by atoms with van der Waals surface area (Å²) in [4.78, 5) is 41.1. The number of carbonyl (C=O) groups excluding carboxylic acids is 3. The van der Waals surface area contributed by atoms with Crippen molar-refractivity contribution in [2.24, 2.45) is 0 Å². The van der Waals surface area contributed by atoms with Gasteiger partial charge in [0.15, 0.2) is 0 Å². The molecule has 2 rings (SSSR count). The van der Waals surface area contributed by atoms with Crippen molar-refractivity contribution in [3.05, 3.63) is 65.2 Å². The number of anilines is 1. The number of hydrogen-bond acceptors (Lipinski definition) is 4. The Morgan fingerprint density at radius 2 is 1.51 bits per heavy atom. The maximum absolute atomic E-state index is 13.8. The van der Waals surface area contributed by atoms with Crippen molar-refractivity contribution in [2.75, 3.05) is 18.4 Å². The quantitative estimate of drug-likeness (QED) is 0.328. The van der Waals surface area contributed by atoms with Crippen molar-refractivity contribution in [2.45, 2.75) is 85.3 Å². The standard InChI is InChI=1S/C30H43N3O4/c1-7-8-9-10-14-20-33(25(34)21-31-29(36)37-30(4,5)6)27(24-18-12-11-13-19-24)28(35)32-26-22(2)16-15-17-23(26)3/h11-13,15-19,27H,7-10,14,20-21H2,1-6H3,(H,31,36)(H,32,35). The van der Waals surface area contributed by atoms with Gasteiger partial charge in [-0.1, -0.05) is 81.1 Å². The Morgan fingerprint density at radius 1 is 0.892 bits per heavy atom. The molecule has 0 aliphatic heterocycles. The van der Waals surface area contributed by atoms with E-state index in [-0.39, 0.29) is 18.4 Å². The molecule has 0 heterocycles. The van der Waals surface area contributed by atoms with Gasteiger partial charge in [-0.05, 0) is 57.7 Å². The summed E-state index contributed by atoms with van der Waals surface area (Å²) in [5, 5.41) is 5.63. The molecule has 0 saturated heterocycles. The zero-order valence-corrected chi connectivity index (χ0v) is 23.2. The molecule has 0 aliphatic carbocycles. The summed E-state index contributed by atoms with van der Waals surface area (Å²) in [5.41, 5.74) is 2.68. The molecular formula is C30H43N3O4. The number of nitrogens with zero attached hydrogens (tertiary/aromatic N) is 1. The van der Waals surface area contributed by atoms with Crippen LogP contribution < -0.4 is 10.6 Å². The van der Waals surface area contributed by atoms with Gasteiger partial charge < -0.3 is 20.3 Å². The maximum Gasteiger partial charge on any atom is 0.408 e. The number of ether oxygens (including phenoxy) is 1. The van der Waals surface area contributed by atoms with Crippen molar-refractivity contribution in [1.82, 2.24) is 10.2 Å². The first kappa shape index (κ1) is 29.9. The Kier molecular flexibility index (Phi) is 11.6. The maximum atomic E-state index is 13.8. The number of unbranched alkanes of at least 4 members (excludes halogenated alkanes) is 4. The van der Waals surface area contributed by atoms with Crippen LogP contribution in [-0.2, 0) is 14.3 Å². The molecule has 2 aromatic carbocycles. The first-order chi connectivity index (χ1) is 17.5. The topological polar surface area (TPSA) is 87.7 Å². The van der Waals surface area contributed by atoms with Crippen LogP contribution >= 0.6 is 0 Å². The second-order valence-corrected chi connectivity index (χ2v) is 10.4. The van der Waals surface area contributed by atoms with Crippen molar-refractivity contribution in [1.29, 1.82) is 0 Å². The summed E-state index contributed by atoms with van der Waals surface area (Å²) in [5.74, 6) is -0.630. The van der Waals surface area contributed by atoms with Gasteiger partial charge in [-0.25, -0.2) is 4.79 Å². The van der Waals surface area contributed by atoms with Crippen LogP contribution in [0, 0.1) is 13.8 Å². The number of aryl methyl sites for hydroxylation is 2. The Hall–Kier alpha value is -3.35. The van der Waals surface area contributed by atoms with Gasteiger partial charge in [0.2, 0.25) is 5.91 Å². The number of nitrogens with one attached hydrogen (secondary N) is 2. The molecule has 2 N–H and O–H groups in total. The van der Waals surface area contributed by atoms with E-state index in [0.29, 0.717) is 12.1 Å². The van der Waals surface area contributed by atoms with Crippen LogP contribution in [0.25, 0.3) is 0 Å². The SMILES string of the molecule is CCCCCCCN(C(=O)CNC(=O)OC(C)(C)C)C(C(=O)Nc1c(C)cccc1C)c1ccccc1. The van der Waals surface area contributed by atoms with E-state index < -0.39 is 17.7 Å². The number of para-hydroxylation sites is 1. The van der Waals surface area contributed by atoms with Gasteiger partial charge in [0.1, 0.15) is 18.2 Å². The summed E-state index contributed by atoms with van der Waals surface area (Å²) < 4.78 is 5.29. The molecule has 7 heteroatoms. The third kappa shape index (κ3) is 9.90. The Morgan fingerprint density at radius 3 is 2.11 bits per heavy atom. The van der Waals surface area contributed by atoms with Gasteiger partial charge in [0.05, 0.1) is 0 Å². The lowest BCUT2D eigenvalue weighted by Gasteiger charge is -2.32. The molecule has 7 nitrogen and oxygen atoms in total. The number of rotatable bonds is 12. The van der Waals surface area contributed by atoms with Crippen LogP contribution in [0.2, 0.25) is 0 Å². The van der Waals surface area contributed by atoms with E-state index in [9.17, 15) is 14.4 Å². The number of amides is 3. The molecule has 3 amide bonds. The van der Waals surface area contributed by atoms with Gasteiger partial charge >= 0.3 is 6.09 Å². The summed E-state index contributed by atoms with van der Waals surface area (Å²) in [6.07, 6.45) is 4.37. The molecule has 0 spiro atoms. The Bertz CT molecular complexity index is 1010. The third-order valence-electron chi connectivity index (χ3n) is 6.01. The molecule has 202 valence electrons. The molecule has 1 unspecified atom stereocenters. The van der Waals surface area contributed by atoms with Crippen molar-refractivity contribution in [3.8, 4) is 0 Å². The van der Waals surface area contributed by atoms with Crippen molar-refractivity contribution in [3.63, 3.8) is 0 Å². The number of hydrogen-bond donors (Lipinski definition) is 2. The number of benzene rings is 2. The molecule has 0 saturated carbocycles. The minimum Gasteiger partial charge on any atom is -0.444 e. The molecule has 0 aliphatic rings. The minimum absolute atomic E-state index is 0.260. The van der Waals surface area contributed by atoms with E-state index >= 15 is 0 Å². The van der Waals surface area contributed by atoms with E-state index in [4.69, 9.17) is 4.74 Å². The van der Waals surface area contributed by atoms with Gasteiger partial charge in [-0.3, -0.25) is 9.59 Å². The molecule has 1 atom stereocenters. The van der Waals surface area contributed by atoms with Crippen molar-refractivity contribution < 1.29 is 19.1 Å². The van der Waals surface area contributed by atoms with E-state index in [2.05, 4.69) is 17.6 Å². The monoisotopic (exact) mass is 509 g/mol. The Labute approximate surface area is 222 Å². The molecular weight excluding hydrogens is 466 g/mol.